The summed E-state index contributed by atoms with van der Waals surface area (Å²) in [5.41, 5.74) is 2.08. The molecule has 0 atom stereocenters. The molecule has 2 aliphatic rings. The first kappa shape index (κ1) is 13.7. The Morgan fingerprint density at radius 1 is 1.40 bits per heavy atom. The third-order valence-corrected chi connectivity index (χ3v) is 4.49. The van der Waals surface area contributed by atoms with Crippen molar-refractivity contribution in [1.29, 1.82) is 0 Å². The number of benzene rings is 1. The van der Waals surface area contributed by atoms with Gasteiger partial charge in [0.15, 0.2) is 0 Å². The first-order chi connectivity index (χ1) is 9.31. The smallest absolute Gasteiger partial charge is 0.410 e. The summed E-state index contributed by atoms with van der Waals surface area (Å²) >= 11 is 3.57. The third kappa shape index (κ3) is 2.18. The molecule has 1 aromatic carbocycles. The van der Waals surface area contributed by atoms with Crippen LogP contribution in [0.2, 0.25) is 0 Å². The van der Waals surface area contributed by atoms with Gasteiger partial charge in [0.2, 0.25) is 0 Å². The summed E-state index contributed by atoms with van der Waals surface area (Å²) in [6.45, 7) is 8.00. The quantitative estimate of drug-likeness (QED) is 0.788. The van der Waals surface area contributed by atoms with Gasteiger partial charge in [-0.2, -0.15) is 0 Å². The van der Waals surface area contributed by atoms with Crippen LogP contribution in [0.5, 0.6) is 0 Å². The summed E-state index contributed by atoms with van der Waals surface area (Å²) in [7, 11) is 0. The van der Waals surface area contributed by atoms with Crippen molar-refractivity contribution < 1.29 is 9.53 Å². The summed E-state index contributed by atoms with van der Waals surface area (Å²) in [6.07, 6.45) is -0.216. The molecule has 1 aromatic rings. The standard InChI is InChI=1S/C15H19BrN2O2/c1-14(2,3)20-13(19)18-8-15(9-18)7-17-12-10(15)5-4-6-11(12)16/h4-6,17H,7-9H2,1-3H3. The van der Waals surface area contributed by atoms with Crippen LogP contribution < -0.4 is 5.32 Å². The number of rotatable bonds is 0. The molecule has 2 aliphatic heterocycles. The number of anilines is 1. The summed E-state index contributed by atoms with van der Waals surface area (Å²) in [6, 6.07) is 6.23. The number of carbonyl (C=O) groups excluding carboxylic acids is 1. The van der Waals surface area contributed by atoms with Crippen LogP contribution in [0.25, 0.3) is 0 Å². The molecule has 0 radical (unpaired) electrons. The van der Waals surface area contributed by atoms with Crippen LogP contribution in [0.3, 0.4) is 0 Å². The van der Waals surface area contributed by atoms with Crippen LogP contribution in [0.15, 0.2) is 22.7 Å². The van der Waals surface area contributed by atoms with Crippen molar-refractivity contribution in [3.05, 3.63) is 28.2 Å². The highest BCUT2D eigenvalue weighted by Crippen LogP contribution is 2.46. The number of amides is 1. The first-order valence-electron chi connectivity index (χ1n) is 6.82. The predicted octanol–water partition coefficient (Wildman–Crippen LogP) is 3.36. The Labute approximate surface area is 127 Å². The minimum Gasteiger partial charge on any atom is -0.444 e. The van der Waals surface area contributed by atoms with E-state index in [1.165, 1.54) is 5.56 Å². The molecule has 1 saturated heterocycles. The van der Waals surface area contributed by atoms with Crippen LogP contribution in [0, 0.1) is 0 Å². The van der Waals surface area contributed by atoms with Crippen molar-refractivity contribution in [1.82, 2.24) is 4.90 Å². The summed E-state index contributed by atoms with van der Waals surface area (Å²) in [4.78, 5) is 13.8. The number of ether oxygens (including phenoxy) is 1. The van der Waals surface area contributed by atoms with Gasteiger partial charge < -0.3 is 15.0 Å². The Hall–Kier alpha value is -1.23. The van der Waals surface area contributed by atoms with E-state index in [2.05, 4.69) is 27.3 Å². The van der Waals surface area contributed by atoms with Gasteiger partial charge in [-0.1, -0.05) is 12.1 Å². The second kappa shape index (κ2) is 4.38. The number of nitrogens with one attached hydrogen (secondary N) is 1. The summed E-state index contributed by atoms with van der Waals surface area (Å²) < 4.78 is 6.50. The number of fused-ring (bicyclic) bond motifs is 2. The van der Waals surface area contributed by atoms with Crippen LogP contribution in [-0.4, -0.2) is 36.2 Å². The maximum absolute atomic E-state index is 12.0. The minimum atomic E-state index is -0.436. The molecule has 3 rings (SSSR count). The number of likely N-dealkylation sites (tertiary alicyclic amines) is 1. The molecule has 1 amide bonds. The van der Waals surface area contributed by atoms with Crippen molar-refractivity contribution in [2.75, 3.05) is 25.0 Å². The molecule has 108 valence electrons. The van der Waals surface area contributed by atoms with E-state index in [1.54, 1.807) is 4.90 Å². The van der Waals surface area contributed by atoms with E-state index in [4.69, 9.17) is 4.74 Å². The maximum Gasteiger partial charge on any atom is 0.410 e. The van der Waals surface area contributed by atoms with Crippen LogP contribution >= 0.6 is 15.9 Å². The molecule has 1 spiro atoms. The van der Waals surface area contributed by atoms with Crippen LogP contribution in [0.4, 0.5) is 10.5 Å². The SMILES string of the molecule is CC(C)(C)OC(=O)N1CC2(CNc3c(Br)cccc32)C1. The first-order valence-corrected chi connectivity index (χ1v) is 7.61. The Morgan fingerprint density at radius 3 is 2.75 bits per heavy atom. The Kier molecular flexibility index (Phi) is 3.01. The highest BCUT2D eigenvalue weighted by Gasteiger charge is 2.51. The molecule has 20 heavy (non-hydrogen) atoms. The Balaban J connectivity index is 1.73. The fourth-order valence-corrected chi connectivity index (χ4v) is 3.43. The molecular formula is C15H19BrN2O2. The van der Waals surface area contributed by atoms with E-state index in [1.807, 2.05) is 32.9 Å². The monoisotopic (exact) mass is 338 g/mol. The molecule has 5 heteroatoms. The van der Waals surface area contributed by atoms with Crippen LogP contribution in [0.1, 0.15) is 26.3 Å². The van der Waals surface area contributed by atoms with Gasteiger partial charge in [-0.25, -0.2) is 4.79 Å². The lowest BCUT2D eigenvalue weighted by Gasteiger charge is -2.47. The van der Waals surface area contributed by atoms with E-state index in [0.717, 1.165) is 29.8 Å². The molecule has 0 saturated carbocycles. The predicted molar refractivity (Wildman–Crippen MR) is 82.1 cm³/mol. The molecule has 4 nitrogen and oxygen atoms in total. The van der Waals surface area contributed by atoms with Gasteiger partial charge in [-0.15, -0.1) is 0 Å². The molecule has 0 aromatic heterocycles. The number of hydrogen-bond acceptors (Lipinski definition) is 3. The third-order valence-electron chi connectivity index (χ3n) is 3.83. The van der Waals surface area contributed by atoms with Gasteiger partial charge >= 0.3 is 6.09 Å². The fraction of sp³-hybridized carbons (Fsp3) is 0.533. The van der Waals surface area contributed by atoms with Gasteiger partial charge in [-0.3, -0.25) is 0 Å². The van der Waals surface area contributed by atoms with Gasteiger partial charge in [0.25, 0.3) is 0 Å². The lowest BCUT2D eigenvalue weighted by atomic mass is 9.75. The number of hydrogen-bond donors (Lipinski definition) is 1. The van der Waals surface area contributed by atoms with Gasteiger partial charge in [0.1, 0.15) is 5.60 Å². The Bertz CT molecular complexity index is 559. The van der Waals surface area contributed by atoms with Crippen LogP contribution in [-0.2, 0) is 10.2 Å². The van der Waals surface area contributed by atoms with E-state index in [9.17, 15) is 4.79 Å². The van der Waals surface area contributed by atoms with Crippen molar-refractivity contribution in [2.45, 2.75) is 31.8 Å². The molecule has 0 bridgehead atoms. The molecule has 1 N–H and O–H groups in total. The topological polar surface area (TPSA) is 41.6 Å². The molecule has 0 unspecified atom stereocenters. The van der Waals surface area contributed by atoms with Gasteiger partial charge in [0, 0.05) is 24.1 Å². The number of carbonyl (C=O) groups is 1. The number of para-hydroxylation sites is 1. The van der Waals surface area contributed by atoms with Crippen molar-refractivity contribution in [3.63, 3.8) is 0 Å². The second-order valence-corrected chi connectivity index (χ2v) is 7.49. The summed E-state index contributed by atoms with van der Waals surface area (Å²) in [5, 5.41) is 3.44. The normalized spacial score (nSPS) is 19.3. The van der Waals surface area contributed by atoms with Gasteiger partial charge in [-0.05, 0) is 48.3 Å². The highest BCUT2D eigenvalue weighted by atomic mass is 79.9. The lowest BCUT2D eigenvalue weighted by Crippen LogP contribution is -2.62. The zero-order chi connectivity index (χ0) is 14.5. The van der Waals surface area contributed by atoms with Crippen molar-refractivity contribution in [2.24, 2.45) is 0 Å². The zero-order valence-electron chi connectivity index (χ0n) is 12.0. The largest absolute Gasteiger partial charge is 0.444 e. The molecular weight excluding hydrogens is 320 g/mol. The number of nitrogens with zero attached hydrogens (tertiary/aromatic N) is 1. The lowest BCUT2D eigenvalue weighted by molar-refractivity contribution is -0.00628. The highest BCUT2D eigenvalue weighted by molar-refractivity contribution is 9.10. The molecule has 1 fully saturated rings. The van der Waals surface area contributed by atoms with E-state index in [0.29, 0.717) is 0 Å². The number of halogens is 1. The average molecular weight is 339 g/mol. The summed E-state index contributed by atoms with van der Waals surface area (Å²) in [5.74, 6) is 0. The minimum absolute atomic E-state index is 0.0516. The van der Waals surface area contributed by atoms with Gasteiger partial charge in [0.05, 0.1) is 11.1 Å². The van der Waals surface area contributed by atoms with E-state index >= 15 is 0 Å². The fourth-order valence-electron chi connectivity index (χ4n) is 2.92. The van der Waals surface area contributed by atoms with E-state index < -0.39 is 5.60 Å². The van der Waals surface area contributed by atoms with E-state index in [-0.39, 0.29) is 11.5 Å². The Morgan fingerprint density at radius 2 is 2.10 bits per heavy atom. The molecule has 0 aliphatic carbocycles. The maximum atomic E-state index is 12.0. The second-order valence-electron chi connectivity index (χ2n) is 6.63. The molecule has 2 heterocycles. The zero-order valence-corrected chi connectivity index (χ0v) is 13.6. The average Bonchev–Trinajstić information content (AvgIpc) is 2.65. The van der Waals surface area contributed by atoms with Crippen molar-refractivity contribution in [3.8, 4) is 0 Å². The van der Waals surface area contributed by atoms with Crippen molar-refractivity contribution >= 4 is 27.7 Å².